The van der Waals surface area contributed by atoms with Crippen LogP contribution >= 0.6 is 0 Å². The van der Waals surface area contributed by atoms with E-state index in [1.165, 1.54) is 12.1 Å². The summed E-state index contributed by atoms with van der Waals surface area (Å²) in [4.78, 5) is 12.3. The van der Waals surface area contributed by atoms with Crippen molar-refractivity contribution in [2.24, 2.45) is 5.73 Å². The first-order chi connectivity index (χ1) is 11.9. The van der Waals surface area contributed by atoms with Gasteiger partial charge in [0.15, 0.2) is 0 Å². The molecule has 7 N–H and O–H groups in total. The van der Waals surface area contributed by atoms with Gasteiger partial charge in [-0.25, -0.2) is 0 Å². The van der Waals surface area contributed by atoms with Gasteiger partial charge in [-0.3, -0.25) is 4.79 Å². The topological polar surface area (TPSA) is 155 Å². The Kier molecular flexibility index (Phi) is 6.71. The molecule has 25 heavy (non-hydrogen) atoms. The van der Waals surface area contributed by atoms with E-state index in [0.717, 1.165) is 0 Å². The molecule has 1 fully saturated rings. The summed E-state index contributed by atoms with van der Waals surface area (Å²) in [5, 5.41) is 40.7. The number of rotatable bonds is 6. The van der Waals surface area contributed by atoms with Crippen molar-refractivity contribution >= 4 is 5.91 Å². The largest absolute Gasteiger partial charge is 0.462 e. The highest BCUT2D eigenvalue weighted by molar-refractivity contribution is 5.97. The fraction of sp³-hybridized carbons (Fsp3) is 0.562. The van der Waals surface area contributed by atoms with Gasteiger partial charge in [0.05, 0.1) is 24.8 Å². The third-order valence-electron chi connectivity index (χ3n) is 3.95. The van der Waals surface area contributed by atoms with E-state index in [4.69, 9.17) is 20.3 Å². The van der Waals surface area contributed by atoms with Crippen LogP contribution in [0.5, 0.6) is 5.75 Å². The number of nitrogens with one attached hydrogen (secondary N) is 1. The first-order valence-electron chi connectivity index (χ1n) is 7.94. The first-order valence-corrected chi connectivity index (χ1v) is 7.94. The standard InChI is InChI=1S/C16H24N2O7/c1-8(6-19)18-15(23)9-4-2-3-5-10(9)24-16-12(17)14(22)13(21)11(7-20)25-16/h2-5,8,11-14,16,19-22H,6-7,17H2,1H3,(H,18,23)/t8-,11-,12-,13-,14-,16-/m1/s1. The van der Waals surface area contributed by atoms with Crippen LogP contribution in [0.25, 0.3) is 0 Å². The summed E-state index contributed by atoms with van der Waals surface area (Å²) in [6.07, 6.45) is -4.93. The minimum atomic E-state index is -1.36. The fourth-order valence-electron chi connectivity index (χ4n) is 2.44. The number of carbonyl (C=O) groups is 1. The molecular weight excluding hydrogens is 332 g/mol. The molecule has 0 spiro atoms. The van der Waals surface area contributed by atoms with Crippen molar-refractivity contribution in [3.05, 3.63) is 29.8 Å². The number of aliphatic hydroxyl groups excluding tert-OH is 4. The highest BCUT2D eigenvalue weighted by atomic mass is 16.7. The predicted molar refractivity (Wildman–Crippen MR) is 86.8 cm³/mol. The summed E-state index contributed by atoms with van der Waals surface area (Å²) >= 11 is 0. The van der Waals surface area contributed by atoms with Crippen LogP contribution < -0.4 is 15.8 Å². The van der Waals surface area contributed by atoms with Crippen molar-refractivity contribution in [1.29, 1.82) is 0 Å². The van der Waals surface area contributed by atoms with Gasteiger partial charge < -0.3 is 41.0 Å². The average molecular weight is 356 g/mol. The zero-order valence-electron chi connectivity index (χ0n) is 13.8. The van der Waals surface area contributed by atoms with Gasteiger partial charge in [0.25, 0.3) is 5.91 Å². The van der Waals surface area contributed by atoms with Crippen LogP contribution in [0.1, 0.15) is 17.3 Å². The number of nitrogens with two attached hydrogens (primary N) is 1. The molecule has 0 radical (unpaired) electrons. The third kappa shape index (κ3) is 4.46. The monoisotopic (exact) mass is 356 g/mol. The molecule has 2 rings (SSSR count). The molecule has 1 saturated heterocycles. The number of hydrogen-bond donors (Lipinski definition) is 6. The van der Waals surface area contributed by atoms with Crippen LogP contribution in [0.15, 0.2) is 24.3 Å². The summed E-state index contributed by atoms with van der Waals surface area (Å²) < 4.78 is 11.0. The predicted octanol–water partition coefficient (Wildman–Crippen LogP) is -2.06. The van der Waals surface area contributed by atoms with Crippen LogP contribution in [0.2, 0.25) is 0 Å². The lowest BCUT2D eigenvalue weighted by molar-refractivity contribution is -0.239. The molecule has 1 aliphatic heterocycles. The van der Waals surface area contributed by atoms with Crippen LogP contribution in [-0.4, -0.2) is 76.2 Å². The summed E-state index contributed by atoms with van der Waals surface area (Å²) in [5.74, 6) is -0.299. The molecule has 0 saturated carbocycles. The molecule has 0 aliphatic carbocycles. The lowest BCUT2D eigenvalue weighted by Gasteiger charge is -2.40. The molecule has 6 atom stereocenters. The Morgan fingerprint density at radius 1 is 1.32 bits per heavy atom. The number of ether oxygens (including phenoxy) is 2. The Morgan fingerprint density at radius 2 is 2.00 bits per heavy atom. The van der Waals surface area contributed by atoms with Gasteiger partial charge in [-0.15, -0.1) is 0 Å². The highest BCUT2D eigenvalue weighted by Crippen LogP contribution is 2.25. The van der Waals surface area contributed by atoms with Crippen molar-refractivity contribution in [2.45, 2.75) is 43.6 Å². The quantitative estimate of drug-likeness (QED) is 0.340. The summed E-state index contributed by atoms with van der Waals surface area (Å²) in [6, 6.07) is 4.82. The Hall–Kier alpha value is -1.75. The number of para-hydroxylation sites is 1. The Morgan fingerprint density at radius 3 is 2.64 bits per heavy atom. The molecular formula is C16H24N2O7. The van der Waals surface area contributed by atoms with Crippen LogP contribution in [0.3, 0.4) is 0 Å². The van der Waals surface area contributed by atoms with E-state index >= 15 is 0 Å². The maximum Gasteiger partial charge on any atom is 0.255 e. The molecule has 1 heterocycles. The van der Waals surface area contributed by atoms with Crippen LogP contribution in [0.4, 0.5) is 0 Å². The van der Waals surface area contributed by atoms with Gasteiger partial charge in [0.2, 0.25) is 6.29 Å². The molecule has 1 aromatic rings. The molecule has 1 aliphatic rings. The normalized spacial score (nSPS) is 30.6. The second-order valence-electron chi connectivity index (χ2n) is 5.96. The molecule has 9 nitrogen and oxygen atoms in total. The van der Waals surface area contributed by atoms with Gasteiger partial charge >= 0.3 is 0 Å². The zero-order valence-corrected chi connectivity index (χ0v) is 13.8. The molecule has 140 valence electrons. The van der Waals surface area contributed by atoms with E-state index in [2.05, 4.69) is 5.32 Å². The van der Waals surface area contributed by atoms with Crippen LogP contribution in [0, 0.1) is 0 Å². The second-order valence-corrected chi connectivity index (χ2v) is 5.96. The molecule has 1 amide bonds. The molecule has 0 aromatic heterocycles. The molecule has 9 heteroatoms. The van der Waals surface area contributed by atoms with Gasteiger partial charge in [0.1, 0.15) is 24.1 Å². The first kappa shape index (κ1) is 19.6. The molecule has 1 aromatic carbocycles. The minimum Gasteiger partial charge on any atom is -0.462 e. The summed E-state index contributed by atoms with van der Waals surface area (Å²) in [6.45, 7) is 0.902. The zero-order chi connectivity index (χ0) is 18.6. The van der Waals surface area contributed by atoms with E-state index in [9.17, 15) is 20.1 Å². The van der Waals surface area contributed by atoms with Gasteiger partial charge in [0, 0.05) is 6.04 Å². The third-order valence-corrected chi connectivity index (χ3v) is 3.95. The smallest absolute Gasteiger partial charge is 0.255 e. The second kappa shape index (κ2) is 8.56. The fourth-order valence-corrected chi connectivity index (χ4v) is 2.44. The van der Waals surface area contributed by atoms with E-state index in [1.807, 2.05) is 0 Å². The van der Waals surface area contributed by atoms with Crippen molar-refractivity contribution in [1.82, 2.24) is 5.32 Å². The lowest BCUT2D eigenvalue weighted by Crippen LogP contribution is -2.63. The SMILES string of the molecule is C[C@H](CO)NC(=O)c1ccccc1O[C@@H]1O[C@H](CO)[C@@H](O)[C@H](O)[C@H]1N. The minimum absolute atomic E-state index is 0.158. The highest BCUT2D eigenvalue weighted by Gasteiger charge is 2.43. The summed E-state index contributed by atoms with van der Waals surface area (Å²) in [7, 11) is 0. The maximum absolute atomic E-state index is 12.3. The van der Waals surface area contributed by atoms with Crippen molar-refractivity contribution in [2.75, 3.05) is 13.2 Å². The Balaban J connectivity index is 2.18. The molecule has 0 unspecified atom stereocenters. The van der Waals surface area contributed by atoms with Crippen molar-refractivity contribution < 1.29 is 34.7 Å². The maximum atomic E-state index is 12.3. The van der Waals surface area contributed by atoms with E-state index < -0.39 is 49.2 Å². The van der Waals surface area contributed by atoms with E-state index in [0.29, 0.717) is 0 Å². The van der Waals surface area contributed by atoms with E-state index in [-0.39, 0.29) is 17.9 Å². The molecule has 0 bridgehead atoms. The van der Waals surface area contributed by atoms with Crippen LogP contribution in [-0.2, 0) is 4.74 Å². The number of hydrogen-bond acceptors (Lipinski definition) is 8. The van der Waals surface area contributed by atoms with E-state index in [1.54, 1.807) is 19.1 Å². The number of aliphatic hydroxyl groups is 4. The van der Waals surface area contributed by atoms with Crippen molar-refractivity contribution in [3.63, 3.8) is 0 Å². The van der Waals surface area contributed by atoms with Gasteiger partial charge in [-0.2, -0.15) is 0 Å². The van der Waals surface area contributed by atoms with Gasteiger partial charge in [-0.1, -0.05) is 12.1 Å². The number of carbonyl (C=O) groups excluding carboxylic acids is 1. The number of benzene rings is 1. The summed E-state index contributed by atoms with van der Waals surface area (Å²) in [5.41, 5.74) is 6.03. The lowest BCUT2D eigenvalue weighted by atomic mass is 9.98. The van der Waals surface area contributed by atoms with Crippen molar-refractivity contribution in [3.8, 4) is 5.75 Å². The van der Waals surface area contributed by atoms with Gasteiger partial charge in [-0.05, 0) is 19.1 Å². The average Bonchev–Trinajstić information content (AvgIpc) is 2.62. The Bertz CT molecular complexity index is 583. The number of amides is 1. The Labute approximate surface area is 145 Å².